The Hall–Kier alpha value is -1.09. The molecule has 0 fully saturated rings. The molecule has 0 bridgehead atoms. The molecule has 1 aromatic heterocycles. The highest BCUT2D eigenvalue weighted by molar-refractivity contribution is 5.69. The maximum absolute atomic E-state index is 11.1. The van der Waals surface area contributed by atoms with E-state index in [2.05, 4.69) is 29.9 Å². The molecule has 1 aromatic rings. The van der Waals surface area contributed by atoms with Crippen LogP contribution in [0.5, 0.6) is 0 Å². The third-order valence-corrected chi connectivity index (χ3v) is 3.30. The number of aromatic nitrogens is 1. The van der Waals surface area contributed by atoms with E-state index in [4.69, 9.17) is 0 Å². The molecule has 0 saturated heterocycles. The fraction of sp³-hybridized carbons (Fsp3) is 0.545. The molecule has 0 aromatic carbocycles. The summed E-state index contributed by atoms with van der Waals surface area (Å²) in [6.45, 7) is 4.93. The van der Waals surface area contributed by atoms with Gasteiger partial charge in [0.25, 0.3) is 0 Å². The first-order valence-electron chi connectivity index (χ1n) is 4.93. The van der Waals surface area contributed by atoms with Crippen molar-refractivity contribution in [3.8, 4) is 0 Å². The van der Waals surface area contributed by atoms with Crippen LogP contribution < -0.4 is 0 Å². The van der Waals surface area contributed by atoms with Crippen molar-refractivity contribution in [2.24, 2.45) is 0 Å². The summed E-state index contributed by atoms with van der Waals surface area (Å²) in [5.41, 5.74) is 1.95. The largest absolute Gasteiger partial charge is 0.364 e. The van der Waals surface area contributed by atoms with Gasteiger partial charge in [0.05, 0.1) is 5.41 Å². The van der Waals surface area contributed by atoms with Crippen molar-refractivity contribution >= 4 is 6.29 Å². The van der Waals surface area contributed by atoms with Crippen molar-refractivity contribution < 1.29 is 4.79 Å². The van der Waals surface area contributed by atoms with E-state index >= 15 is 0 Å². The molecular formula is C11H16N2O. The lowest BCUT2D eigenvalue weighted by molar-refractivity contribution is -0.113. The monoisotopic (exact) mass is 192 g/mol. The minimum Gasteiger partial charge on any atom is -0.364 e. The van der Waals surface area contributed by atoms with Crippen LogP contribution in [0.25, 0.3) is 0 Å². The average molecular weight is 192 g/mol. The van der Waals surface area contributed by atoms with Gasteiger partial charge in [-0.25, -0.2) is 0 Å². The van der Waals surface area contributed by atoms with E-state index < -0.39 is 0 Å². The van der Waals surface area contributed by atoms with Gasteiger partial charge in [-0.2, -0.15) is 0 Å². The zero-order valence-electron chi connectivity index (χ0n) is 8.87. The highest BCUT2D eigenvalue weighted by Gasteiger charge is 2.38. The summed E-state index contributed by atoms with van der Waals surface area (Å²) < 4.78 is 0. The van der Waals surface area contributed by atoms with Crippen molar-refractivity contribution in [3.63, 3.8) is 0 Å². The molecule has 1 aliphatic rings. The fourth-order valence-electron chi connectivity index (χ4n) is 2.29. The van der Waals surface area contributed by atoms with Gasteiger partial charge >= 0.3 is 0 Å². The summed E-state index contributed by atoms with van der Waals surface area (Å²) >= 11 is 0. The summed E-state index contributed by atoms with van der Waals surface area (Å²) in [4.78, 5) is 16.6. The van der Waals surface area contributed by atoms with E-state index in [0.717, 1.165) is 18.5 Å². The summed E-state index contributed by atoms with van der Waals surface area (Å²) in [6.07, 6.45) is 2.97. The molecule has 3 heteroatoms. The summed E-state index contributed by atoms with van der Waals surface area (Å²) in [5, 5.41) is 0. The van der Waals surface area contributed by atoms with Gasteiger partial charge < -0.3 is 9.78 Å². The van der Waals surface area contributed by atoms with Gasteiger partial charge in [-0.15, -0.1) is 0 Å². The Kier molecular flexibility index (Phi) is 2.00. The Bertz CT molecular complexity index is 358. The zero-order chi connectivity index (χ0) is 10.3. The van der Waals surface area contributed by atoms with Crippen LogP contribution in [0.2, 0.25) is 0 Å². The molecule has 1 N–H and O–H groups in total. The maximum atomic E-state index is 11.1. The topological polar surface area (TPSA) is 36.1 Å². The van der Waals surface area contributed by atoms with Crippen molar-refractivity contribution in [1.82, 2.24) is 9.88 Å². The van der Waals surface area contributed by atoms with Crippen LogP contribution in [0.3, 0.4) is 0 Å². The normalized spacial score (nSPS) is 32.6. The van der Waals surface area contributed by atoms with Crippen molar-refractivity contribution in [3.05, 3.63) is 23.5 Å². The van der Waals surface area contributed by atoms with Crippen LogP contribution in [0, 0.1) is 0 Å². The third kappa shape index (κ3) is 1.12. The summed E-state index contributed by atoms with van der Waals surface area (Å²) in [5.74, 6) is 0. The smallest absolute Gasteiger partial charge is 0.133 e. The van der Waals surface area contributed by atoms with Crippen LogP contribution in [0.15, 0.2) is 12.3 Å². The quantitative estimate of drug-likeness (QED) is 0.684. The van der Waals surface area contributed by atoms with Gasteiger partial charge in [0.2, 0.25) is 0 Å². The number of hydrogen-bond acceptors (Lipinski definition) is 2. The highest BCUT2D eigenvalue weighted by atomic mass is 16.1. The minimum absolute atomic E-state index is 0.375. The Balaban J connectivity index is 2.54. The van der Waals surface area contributed by atoms with Crippen LogP contribution in [0.1, 0.15) is 31.1 Å². The second kappa shape index (κ2) is 2.95. The summed E-state index contributed by atoms with van der Waals surface area (Å²) in [6, 6.07) is 2.46. The summed E-state index contributed by atoms with van der Waals surface area (Å²) in [7, 11) is 2.06. The van der Waals surface area contributed by atoms with Crippen molar-refractivity contribution in [2.45, 2.75) is 25.3 Å². The first-order valence-corrected chi connectivity index (χ1v) is 4.93. The molecule has 2 atom stereocenters. The van der Waals surface area contributed by atoms with Crippen LogP contribution in [-0.4, -0.2) is 29.8 Å². The first-order chi connectivity index (χ1) is 6.58. The standard InChI is InChI=1S/C11H16N2O/c1-8-9-4-5-12-10(9)11(2,7-14)6-13(8)3/h4-5,7-8,12H,6H2,1-3H3. The minimum atomic E-state index is -0.375. The predicted molar refractivity (Wildman–Crippen MR) is 55.3 cm³/mol. The SMILES string of the molecule is CC1c2cc[nH]c2C(C)(C=O)CN1C. The van der Waals surface area contributed by atoms with Crippen LogP contribution >= 0.6 is 0 Å². The Morgan fingerprint density at radius 3 is 3.07 bits per heavy atom. The Labute approximate surface area is 84.1 Å². The zero-order valence-corrected chi connectivity index (χ0v) is 8.87. The first kappa shape index (κ1) is 9.46. The van der Waals surface area contributed by atoms with Gasteiger partial charge in [0, 0.05) is 24.5 Å². The van der Waals surface area contributed by atoms with Gasteiger partial charge in [0.1, 0.15) is 6.29 Å². The van der Waals surface area contributed by atoms with Crippen LogP contribution in [-0.2, 0) is 10.2 Å². The van der Waals surface area contributed by atoms with E-state index in [-0.39, 0.29) is 5.41 Å². The number of nitrogens with one attached hydrogen (secondary N) is 1. The van der Waals surface area contributed by atoms with Gasteiger partial charge in [-0.05, 0) is 32.5 Å². The third-order valence-electron chi connectivity index (χ3n) is 3.30. The second-order valence-corrected chi connectivity index (χ2v) is 4.43. The highest BCUT2D eigenvalue weighted by Crippen LogP contribution is 2.36. The number of likely N-dealkylation sites (N-methyl/N-ethyl adjacent to an activating group) is 1. The van der Waals surface area contributed by atoms with Gasteiger partial charge in [-0.1, -0.05) is 0 Å². The molecule has 0 spiro atoms. The number of carbonyl (C=O) groups excluding carboxylic acids is 1. The molecule has 1 aliphatic heterocycles. The molecular weight excluding hydrogens is 176 g/mol. The number of fused-ring (bicyclic) bond motifs is 1. The number of hydrogen-bond donors (Lipinski definition) is 1. The van der Waals surface area contributed by atoms with Crippen molar-refractivity contribution in [2.75, 3.05) is 13.6 Å². The number of nitrogens with zero attached hydrogens (tertiary/aromatic N) is 1. The molecule has 0 amide bonds. The molecule has 76 valence electrons. The molecule has 14 heavy (non-hydrogen) atoms. The lowest BCUT2D eigenvalue weighted by Gasteiger charge is -2.39. The van der Waals surface area contributed by atoms with Crippen LogP contribution in [0.4, 0.5) is 0 Å². The Morgan fingerprint density at radius 1 is 1.71 bits per heavy atom. The van der Waals surface area contributed by atoms with E-state index in [9.17, 15) is 4.79 Å². The van der Waals surface area contributed by atoms with Gasteiger partial charge in [0.15, 0.2) is 0 Å². The molecule has 0 radical (unpaired) electrons. The van der Waals surface area contributed by atoms with E-state index in [1.165, 1.54) is 5.56 Å². The maximum Gasteiger partial charge on any atom is 0.133 e. The predicted octanol–water partition coefficient (Wildman–Crippen LogP) is 1.48. The lowest BCUT2D eigenvalue weighted by Crippen LogP contribution is -2.44. The average Bonchev–Trinajstić information content (AvgIpc) is 2.64. The van der Waals surface area contributed by atoms with E-state index in [1.807, 2.05) is 13.1 Å². The number of rotatable bonds is 1. The number of H-pyrrole nitrogens is 1. The Morgan fingerprint density at radius 2 is 2.43 bits per heavy atom. The number of carbonyl (C=O) groups is 1. The molecule has 0 saturated carbocycles. The van der Waals surface area contributed by atoms with E-state index in [0.29, 0.717) is 6.04 Å². The molecule has 3 nitrogen and oxygen atoms in total. The van der Waals surface area contributed by atoms with Gasteiger partial charge in [-0.3, -0.25) is 4.90 Å². The van der Waals surface area contributed by atoms with E-state index in [1.54, 1.807) is 0 Å². The lowest BCUT2D eigenvalue weighted by atomic mass is 9.80. The van der Waals surface area contributed by atoms with Crippen molar-refractivity contribution in [1.29, 1.82) is 0 Å². The molecule has 2 heterocycles. The fourth-order valence-corrected chi connectivity index (χ4v) is 2.29. The molecule has 0 aliphatic carbocycles. The number of aldehydes is 1. The molecule has 2 rings (SSSR count). The second-order valence-electron chi connectivity index (χ2n) is 4.43. The number of aromatic amines is 1. The molecule has 2 unspecified atom stereocenters.